The van der Waals surface area contributed by atoms with Crippen molar-refractivity contribution in [3.63, 3.8) is 0 Å². The van der Waals surface area contributed by atoms with Crippen molar-refractivity contribution in [1.82, 2.24) is 10.2 Å². The van der Waals surface area contributed by atoms with Crippen molar-refractivity contribution in [2.45, 2.75) is 38.5 Å². The molecule has 0 aromatic heterocycles. The van der Waals surface area contributed by atoms with E-state index >= 15 is 0 Å². The van der Waals surface area contributed by atoms with E-state index in [4.69, 9.17) is 6.42 Å². The number of terminal acetylenes is 1. The SMILES string of the molecule is C#CCNCCN1CCC2(CCCC2)CC1. The van der Waals surface area contributed by atoms with Gasteiger partial charge in [-0.05, 0) is 44.2 Å². The summed E-state index contributed by atoms with van der Waals surface area (Å²) in [6, 6.07) is 0. The fourth-order valence-electron chi connectivity index (χ4n) is 3.27. The summed E-state index contributed by atoms with van der Waals surface area (Å²) in [4.78, 5) is 2.59. The minimum absolute atomic E-state index is 0.706. The maximum absolute atomic E-state index is 5.20. The van der Waals surface area contributed by atoms with Gasteiger partial charge in [-0.15, -0.1) is 6.42 Å². The maximum Gasteiger partial charge on any atom is 0.0574 e. The molecule has 0 aromatic rings. The van der Waals surface area contributed by atoms with Gasteiger partial charge < -0.3 is 10.2 Å². The van der Waals surface area contributed by atoms with Crippen LogP contribution in [0.25, 0.3) is 0 Å². The fraction of sp³-hybridized carbons (Fsp3) is 0.857. The van der Waals surface area contributed by atoms with Crippen LogP contribution in [-0.2, 0) is 0 Å². The Morgan fingerprint density at radius 2 is 1.81 bits per heavy atom. The first-order chi connectivity index (χ1) is 7.85. The largest absolute Gasteiger partial charge is 0.305 e. The van der Waals surface area contributed by atoms with Gasteiger partial charge in [0.1, 0.15) is 0 Å². The highest BCUT2D eigenvalue weighted by atomic mass is 15.1. The van der Waals surface area contributed by atoms with Gasteiger partial charge in [-0.1, -0.05) is 18.8 Å². The molecule has 0 bridgehead atoms. The summed E-state index contributed by atoms with van der Waals surface area (Å²) >= 11 is 0. The molecule has 16 heavy (non-hydrogen) atoms. The Bertz CT molecular complexity index is 238. The standard InChI is InChI=1S/C14H24N2/c1-2-9-15-10-13-16-11-7-14(8-12-16)5-3-4-6-14/h1,15H,3-13H2. The van der Waals surface area contributed by atoms with E-state index < -0.39 is 0 Å². The highest BCUT2D eigenvalue weighted by Crippen LogP contribution is 2.45. The van der Waals surface area contributed by atoms with Crippen LogP contribution in [-0.4, -0.2) is 37.6 Å². The van der Waals surface area contributed by atoms with Crippen LogP contribution in [0.2, 0.25) is 0 Å². The van der Waals surface area contributed by atoms with Crippen molar-refractivity contribution < 1.29 is 0 Å². The molecule has 1 saturated carbocycles. The third-order valence-corrected chi connectivity index (χ3v) is 4.41. The topological polar surface area (TPSA) is 15.3 Å². The number of likely N-dealkylation sites (tertiary alicyclic amines) is 1. The molecule has 2 heteroatoms. The number of hydrogen-bond acceptors (Lipinski definition) is 2. The predicted molar refractivity (Wildman–Crippen MR) is 68.3 cm³/mol. The molecule has 2 fully saturated rings. The van der Waals surface area contributed by atoms with E-state index in [0.29, 0.717) is 6.54 Å². The molecule has 0 unspecified atom stereocenters. The van der Waals surface area contributed by atoms with E-state index in [1.807, 2.05) is 0 Å². The molecule has 0 amide bonds. The first-order valence-electron chi connectivity index (χ1n) is 6.71. The van der Waals surface area contributed by atoms with Crippen LogP contribution in [0.15, 0.2) is 0 Å². The molecule has 0 radical (unpaired) electrons. The van der Waals surface area contributed by atoms with Gasteiger partial charge in [0.25, 0.3) is 0 Å². The van der Waals surface area contributed by atoms with Crippen molar-refractivity contribution in [2.24, 2.45) is 5.41 Å². The van der Waals surface area contributed by atoms with Crippen LogP contribution in [0, 0.1) is 17.8 Å². The predicted octanol–water partition coefficient (Wildman–Crippen LogP) is 1.87. The fourth-order valence-corrected chi connectivity index (χ4v) is 3.27. The quantitative estimate of drug-likeness (QED) is 0.575. The molecule has 2 nitrogen and oxygen atoms in total. The minimum atomic E-state index is 0.706. The average molecular weight is 220 g/mol. The second kappa shape index (κ2) is 5.70. The Kier molecular flexibility index (Phi) is 4.26. The highest BCUT2D eigenvalue weighted by molar-refractivity contribution is 4.90. The zero-order valence-corrected chi connectivity index (χ0v) is 10.3. The van der Waals surface area contributed by atoms with E-state index in [2.05, 4.69) is 16.1 Å². The lowest BCUT2D eigenvalue weighted by Gasteiger charge is -2.39. The number of nitrogens with one attached hydrogen (secondary N) is 1. The Labute approximate surface area is 99.8 Å². The Hall–Kier alpha value is -0.520. The second-order valence-electron chi connectivity index (χ2n) is 5.43. The first kappa shape index (κ1) is 12.0. The number of nitrogens with zero attached hydrogens (tertiary/aromatic N) is 1. The monoisotopic (exact) mass is 220 g/mol. The molecule has 0 atom stereocenters. The molecule has 1 heterocycles. The van der Waals surface area contributed by atoms with Crippen LogP contribution >= 0.6 is 0 Å². The van der Waals surface area contributed by atoms with Crippen LogP contribution in [0.5, 0.6) is 0 Å². The van der Waals surface area contributed by atoms with Crippen LogP contribution in [0.1, 0.15) is 38.5 Å². The molecule has 1 spiro atoms. The van der Waals surface area contributed by atoms with E-state index in [9.17, 15) is 0 Å². The molecule has 90 valence electrons. The summed E-state index contributed by atoms with van der Waals surface area (Å²) in [6.07, 6.45) is 14.0. The minimum Gasteiger partial charge on any atom is -0.305 e. The average Bonchev–Trinajstić information content (AvgIpc) is 2.76. The summed E-state index contributed by atoms with van der Waals surface area (Å²) in [5.41, 5.74) is 0.753. The molecular weight excluding hydrogens is 196 g/mol. The third kappa shape index (κ3) is 2.99. The summed E-state index contributed by atoms with van der Waals surface area (Å²) in [6.45, 7) is 5.52. The van der Waals surface area contributed by atoms with Crippen molar-refractivity contribution in [3.8, 4) is 12.3 Å². The third-order valence-electron chi connectivity index (χ3n) is 4.41. The Morgan fingerprint density at radius 3 is 2.44 bits per heavy atom. The van der Waals surface area contributed by atoms with E-state index in [0.717, 1.165) is 18.5 Å². The van der Waals surface area contributed by atoms with E-state index in [1.165, 1.54) is 51.6 Å². The zero-order valence-electron chi connectivity index (χ0n) is 10.3. The van der Waals surface area contributed by atoms with E-state index in [1.54, 1.807) is 0 Å². The normalized spacial score (nSPS) is 24.7. The van der Waals surface area contributed by atoms with Gasteiger partial charge in [0.2, 0.25) is 0 Å². The number of piperidine rings is 1. The van der Waals surface area contributed by atoms with Gasteiger partial charge in [-0.3, -0.25) is 0 Å². The lowest BCUT2D eigenvalue weighted by molar-refractivity contribution is 0.109. The lowest BCUT2D eigenvalue weighted by atomic mass is 9.77. The van der Waals surface area contributed by atoms with Gasteiger partial charge in [-0.25, -0.2) is 0 Å². The lowest BCUT2D eigenvalue weighted by Crippen LogP contribution is -2.41. The molecule has 2 aliphatic rings. The second-order valence-corrected chi connectivity index (χ2v) is 5.43. The molecule has 1 saturated heterocycles. The maximum atomic E-state index is 5.20. The van der Waals surface area contributed by atoms with Crippen LogP contribution < -0.4 is 5.32 Å². The summed E-state index contributed by atoms with van der Waals surface area (Å²) in [5, 5.41) is 3.27. The van der Waals surface area contributed by atoms with Crippen LogP contribution in [0.3, 0.4) is 0 Å². The number of hydrogen-bond donors (Lipinski definition) is 1. The molecular formula is C14H24N2. The van der Waals surface area contributed by atoms with Crippen molar-refractivity contribution in [3.05, 3.63) is 0 Å². The molecule has 1 N–H and O–H groups in total. The van der Waals surface area contributed by atoms with Gasteiger partial charge in [0.15, 0.2) is 0 Å². The van der Waals surface area contributed by atoms with Gasteiger partial charge >= 0.3 is 0 Å². The van der Waals surface area contributed by atoms with E-state index in [-0.39, 0.29) is 0 Å². The van der Waals surface area contributed by atoms with Gasteiger partial charge in [0.05, 0.1) is 6.54 Å². The molecule has 2 rings (SSSR count). The first-order valence-corrected chi connectivity index (χ1v) is 6.71. The van der Waals surface area contributed by atoms with Crippen molar-refractivity contribution in [2.75, 3.05) is 32.7 Å². The van der Waals surface area contributed by atoms with Crippen molar-refractivity contribution in [1.29, 1.82) is 0 Å². The number of rotatable bonds is 4. The molecule has 1 aliphatic carbocycles. The van der Waals surface area contributed by atoms with Gasteiger partial charge in [-0.2, -0.15) is 0 Å². The highest BCUT2D eigenvalue weighted by Gasteiger charge is 2.36. The smallest absolute Gasteiger partial charge is 0.0574 e. The summed E-state index contributed by atoms with van der Waals surface area (Å²) in [7, 11) is 0. The Morgan fingerprint density at radius 1 is 1.12 bits per heavy atom. The van der Waals surface area contributed by atoms with Crippen molar-refractivity contribution >= 4 is 0 Å². The zero-order chi connectivity index (χ0) is 11.3. The van der Waals surface area contributed by atoms with Gasteiger partial charge in [0, 0.05) is 13.1 Å². The molecule has 1 aliphatic heterocycles. The Balaban J connectivity index is 1.63. The summed E-state index contributed by atoms with van der Waals surface area (Å²) in [5.74, 6) is 2.62. The summed E-state index contributed by atoms with van der Waals surface area (Å²) < 4.78 is 0. The van der Waals surface area contributed by atoms with Crippen LogP contribution in [0.4, 0.5) is 0 Å². The molecule has 0 aromatic carbocycles.